The second-order valence-corrected chi connectivity index (χ2v) is 5.71. The standard InChI is InChI=1S/C16H26N2O/c1-4-13(3)19-15-7-5-6-14(10-15)18-9-8-16(17)12(2)11-18/h5-7,10,12-13,16H,4,8-9,11,17H2,1-3H3. The second-order valence-electron chi connectivity index (χ2n) is 5.71. The lowest BCUT2D eigenvalue weighted by molar-refractivity contribution is 0.217. The molecule has 1 aliphatic rings. The summed E-state index contributed by atoms with van der Waals surface area (Å²) in [6, 6.07) is 8.76. The minimum absolute atomic E-state index is 0.268. The molecule has 3 heteroatoms. The first-order chi connectivity index (χ1) is 9.10. The molecule has 3 nitrogen and oxygen atoms in total. The van der Waals surface area contributed by atoms with Crippen molar-refractivity contribution >= 4 is 5.69 Å². The zero-order valence-electron chi connectivity index (χ0n) is 12.3. The van der Waals surface area contributed by atoms with Gasteiger partial charge < -0.3 is 15.4 Å². The Morgan fingerprint density at radius 2 is 2.26 bits per heavy atom. The Morgan fingerprint density at radius 3 is 2.95 bits per heavy atom. The third-order valence-electron chi connectivity index (χ3n) is 4.07. The van der Waals surface area contributed by atoms with Crippen LogP contribution < -0.4 is 15.4 Å². The highest BCUT2D eigenvalue weighted by molar-refractivity contribution is 5.51. The lowest BCUT2D eigenvalue weighted by Crippen LogP contribution is -2.45. The van der Waals surface area contributed by atoms with E-state index in [4.69, 9.17) is 10.5 Å². The molecule has 2 N–H and O–H groups in total. The van der Waals surface area contributed by atoms with E-state index in [2.05, 4.69) is 43.9 Å². The molecule has 2 rings (SSSR count). The van der Waals surface area contributed by atoms with Crippen LogP contribution in [0.5, 0.6) is 5.75 Å². The third-order valence-corrected chi connectivity index (χ3v) is 4.07. The van der Waals surface area contributed by atoms with Crippen LogP contribution in [0.25, 0.3) is 0 Å². The molecule has 19 heavy (non-hydrogen) atoms. The Kier molecular flexibility index (Phi) is 4.70. The van der Waals surface area contributed by atoms with Crippen LogP contribution in [0.4, 0.5) is 5.69 Å². The van der Waals surface area contributed by atoms with Crippen LogP contribution in [0.1, 0.15) is 33.6 Å². The minimum Gasteiger partial charge on any atom is -0.491 e. The number of anilines is 1. The molecule has 3 atom stereocenters. The molecule has 0 radical (unpaired) electrons. The molecule has 0 bridgehead atoms. The average molecular weight is 262 g/mol. The predicted molar refractivity (Wildman–Crippen MR) is 80.8 cm³/mol. The van der Waals surface area contributed by atoms with Crippen molar-refractivity contribution in [2.75, 3.05) is 18.0 Å². The lowest BCUT2D eigenvalue weighted by Gasteiger charge is -2.36. The quantitative estimate of drug-likeness (QED) is 0.906. The Labute approximate surface area is 116 Å². The fourth-order valence-electron chi connectivity index (χ4n) is 2.47. The molecular weight excluding hydrogens is 236 g/mol. The molecule has 0 aromatic heterocycles. The number of benzene rings is 1. The zero-order valence-corrected chi connectivity index (χ0v) is 12.3. The van der Waals surface area contributed by atoms with Gasteiger partial charge in [0.05, 0.1) is 6.10 Å². The van der Waals surface area contributed by atoms with Crippen molar-refractivity contribution in [3.05, 3.63) is 24.3 Å². The van der Waals surface area contributed by atoms with Crippen molar-refractivity contribution in [2.45, 2.75) is 45.8 Å². The number of hydrogen-bond acceptors (Lipinski definition) is 3. The van der Waals surface area contributed by atoms with E-state index in [1.807, 2.05) is 6.07 Å². The van der Waals surface area contributed by atoms with Crippen LogP contribution in [0.15, 0.2) is 24.3 Å². The second kappa shape index (κ2) is 6.29. The van der Waals surface area contributed by atoms with Crippen molar-refractivity contribution < 1.29 is 4.74 Å². The summed E-state index contributed by atoms with van der Waals surface area (Å²) in [6.07, 6.45) is 2.36. The Bertz CT molecular complexity index is 407. The van der Waals surface area contributed by atoms with Gasteiger partial charge in [-0.25, -0.2) is 0 Å². The van der Waals surface area contributed by atoms with E-state index in [-0.39, 0.29) is 6.10 Å². The molecule has 1 heterocycles. The summed E-state index contributed by atoms with van der Waals surface area (Å²) in [5.74, 6) is 1.52. The van der Waals surface area contributed by atoms with Gasteiger partial charge in [-0.3, -0.25) is 0 Å². The monoisotopic (exact) mass is 262 g/mol. The maximum atomic E-state index is 6.08. The molecule has 1 aromatic rings. The summed E-state index contributed by atoms with van der Waals surface area (Å²) in [5, 5.41) is 0. The average Bonchev–Trinajstić information content (AvgIpc) is 2.42. The van der Waals surface area contributed by atoms with E-state index >= 15 is 0 Å². The van der Waals surface area contributed by atoms with Gasteiger partial charge >= 0.3 is 0 Å². The first-order valence-corrected chi connectivity index (χ1v) is 7.37. The Hall–Kier alpha value is -1.22. The van der Waals surface area contributed by atoms with Gasteiger partial charge in [0.15, 0.2) is 0 Å². The van der Waals surface area contributed by atoms with Gasteiger partial charge in [0, 0.05) is 30.9 Å². The van der Waals surface area contributed by atoms with Crippen LogP contribution in [0, 0.1) is 5.92 Å². The zero-order chi connectivity index (χ0) is 13.8. The van der Waals surface area contributed by atoms with Gasteiger partial charge in [0.2, 0.25) is 0 Å². The molecule has 3 unspecified atom stereocenters. The molecule has 1 aliphatic heterocycles. The molecule has 0 aliphatic carbocycles. The summed E-state index contributed by atoms with van der Waals surface area (Å²) in [7, 11) is 0. The third kappa shape index (κ3) is 3.63. The van der Waals surface area contributed by atoms with E-state index in [9.17, 15) is 0 Å². The summed E-state index contributed by atoms with van der Waals surface area (Å²) in [6.45, 7) is 8.56. The highest BCUT2D eigenvalue weighted by atomic mass is 16.5. The van der Waals surface area contributed by atoms with E-state index in [0.717, 1.165) is 31.7 Å². The minimum atomic E-state index is 0.268. The van der Waals surface area contributed by atoms with Crippen molar-refractivity contribution in [2.24, 2.45) is 11.7 Å². The van der Waals surface area contributed by atoms with Gasteiger partial charge in [-0.1, -0.05) is 19.9 Å². The van der Waals surface area contributed by atoms with Gasteiger partial charge in [0.1, 0.15) is 5.75 Å². The topological polar surface area (TPSA) is 38.5 Å². The van der Waals surface area contributed by atoms with Crippen LogP contribution in [0.3, 0.4) is 0 Å². The molecular formula is C16H26N2O. The lowest BCUT2D eigenvalue weighted by atomic mass is 9.94. The number of hydrogen-bond donors (Lipinski definition) is 1. The van der Waals surface area contributed by atoms with Crippen LogP contribution >= 0.6 is 0 Å². The molecule has 106 valence electrons. The van der Waals surface area contributed by atoms with Gasteiger partial charge in [0.25, 0.3) is 0 Å². The van der Waals surface area contributed by atoms with Crippen molar-refractivity contribution in [3.8, 4) is 5.75 Å². The number of rotatable bonds is 4. The molecule has 1 saturated heterocycles. The van der Waals surface area contributed by atoms with Gasteiger partial charge in [-0.2, -0.15) is 0 Å². The van der Waals surface area contributed by atoms with Gasteiger partial charge in [-0.15, -0.1) is 0 Å². The summed E-state index contributed by atoms with van der Waals surface area (Å²) in [4.78, 5) is 2.41. The van der Waals surface area contributed by atoms with Gasteiger partial charge in [-0.05, 0) is 37.8 Å². The highest BCUT2D eigenvalue weighted by Crippen LogP contribution is 2.26. The first kappa shape index (κ1) is 14.2. The maximum absolute atomic E-state index is 6.08. The number of nitrogens with zero attached hydrogens (tertiary/aromatic N) is 1. The van der Waals surface area contributed by atoms with Crippen molar-refractivity contribution in [3.63, 3.8) is 0 Å². The number of ether oxygens (including phenoxy) is 1. The molecule has 1 aromatic carbocycles. The van der Waals surface area contributed by atoms with Crippen LogP contribution in [0.2, 0.25) is 0 Å². The van der Waals surface area contributed by atoms with Crippen LogP contribution in [-0.2, 0) is 0 Å². The van der Waals surface area contributed by atoms with E-state index in [1.165, 1.54) is 5.69 Å². The van der Waals surface area contributed by atoms with Crippen molar-refractivity contribution in [1.82, 2.24) is 0 Å². The van der Waals surface area contributed by atoms with E-state index in [1.54, 1.807) is 0 Å². The predicted octanol–water partition coefficient (Wildman–Crippen LogP) is 3.04. The fraction of sp³-hybridized carbons (Fsp3) is 0.625. The summed E-state index contributed by atoms with van der Waals surface area (Å²) >= 11 is 0. The molecule has 0 spiro atoms. The fourth-order valence-corrected chi connectivity index (χ4v) is 2.47. The normalized spacial score (nSPS) is 25.2. The highest BCUT2D eigenvalue weighted by Gasteiger charge is 2.23. The summed E-state index contributed by atoms with van der Waals surface area (Å²) < 4.78 is 5.89. The largest absolute Gasteiger partial charge is 0.491 e. The maximum Gasteiger partial charge on any atom is 0.121 e. The first-order valence-electron chi connectivity index (χ1n) is 7.37. The molecule has 1 fully saturated rings. The number of piperidine rings is 1. The molecule has 0 saturated carbocycles. The Morgan fingerprint density at radius 1 is 1.47 bits per heavy atom. The Balaban J connectivity index is 2.06. The van der Waals surface area contributed by atoms with Crippen LogP contribution in [-0.4, -0.2) is 25.2 Å². The van der Waals surface area contributed by atoms with E-state index < -0.39 is 0 Å². The summed E-state index contributed by atoms with van der Waals surface area (Å²) in [5.41, 5.74) is 7.33. The number of nitrogens with two attached hydrogens (primary N) is 1. The molecule has 0 amide bonds. The van der Waals surface area contributed by atoms with E-state index in [0.29, 0.717) is 12.0 Å². The smallest absolute Gasteiger partial charge is 0.121 e. The van der Waals surface area contributed by atoms with Crippen molar-refractivity contribution in [1.29, 1.82) is 0 Å². The SMILES string of the molecule is CCC(C)Oc1cccc(N2CCC(N)C(C)C2)c1.